The molecule has 0 aliphatic heterocycles. The van der Waals surface area contributed by atoms with E-state index >= 15 is 0 Å². The average Bonchev–Trinajstić information content (AvgIpc) is 2.55. The SMILES string of the molecule is c1ccc(Oc2cccc(NCc3cncnc3)c2)cc1. The molecule has 21 heavy (non-hydrogen) atoms. The van der Waals surface area contributed by atoms with E-state index in [1.807, 2.05) is 54.6 Å². The van der Waals surface area contributed by atoms with Gasteiger partial charge in [-0.2, -0.15) is 0 Å². The lowest BCUT2D eigenvalue weighted by Gasteiger charge is -2.09. The highest BCUT2D eigenvalue weighted by Crippen LogP contribution is 2.23. The van der Waals surface area contributed by atoms with Crippen molar-refractivity contribution in [1.82, 2.24) is 9.97 Å². The normalized spacial score (nSPS) is 10.1. The Morgan fingerprint density at radius 3 is 2.43 bits per heavy atom. The molecule has 0 aliphatic rings. The van der Waals surface area contributed by atoms with Crippen LogP contribution >= 0.6 is 0 Å². The Labute approximate surface area is 123 Å². The minimum absolute atomic E-state index is 0.676. The molecule has 0 fully saturated rings. The first-order chi connectivity index (χ1) is 10.4. The third kappa shape index (κ3) is 3.79. The van der Waals surface area contributed by atoms with Crippen LogP contribution in [-0.4, -0.2) is 9.97 Å². The van der Waals surface area contributed by atoms with Gasteiger partial charge in [-0.05, 0) is 24.3 Å². The van der Waals surface area contributed by atoms with Gasteiger partial charge in [0.2, 0.25) is 0 Å². The fourth-order valence-electron chi connectivity index (χ4n) is 1.92. The summed E-state index contributed by atoms with van der Waals surface area (Å²) in [5.74, 6) is 1.63. The van der Waals surface area contributed by atoms with E-state index < -0.39 is 0 Å². The van der Waals surface area contributed by atoms with Crippen molar-refractivity contribution in [2.24, 2.45) is 0 Å². The number of aromatic nitrogens is 2. The van der Waals surface area contributed by atoms with E-state index in [9.17, 15) is 0 Å². The molecular weight excluding hydrogens is 262 g/mol. The van der Waals surface area contributed by atoms with Crippen molar-refractivity contribution >= 4 is 5.69 Å². The van der Waals surface area contributed by atoms with Gasteiger partial charge in [0.25, 0.3) is 0 Å². The topological polar surface area (TPSA) is 47.0 Å². The summed E-state index contributed by atoms with van der Waals surface area (Å²) in [7, 11) is 0. The minimum atomic E-state index is 0.676. The highest BCUT2D eigenvalue weighted by molar-refractivity contribution is 5.49. The molecule has 1 N–H and O–H groups in total. The maximum Gasteiger partial charge on any atom is 0.129 e. The Kier molecular flexibility index (Phi) is 4.07. The predicted octanol–water partition coefficient (Wildman–Crippen LogP) is 3.88. The third-order valence-electron chi connectivity index (χ3n) is 2.92. The van der Waals surface area contributed by atoms with Crippen molar-refractivity contribution < 1.29 is 4.74 Å². The van der Waals surface area contributed by atoms with Crippen LogP contribution in [-0.2, 0) is 6.54 Å². The first-order valence-electron chi connectivity index (χ1n) is 6.71. The number of nitrogens with one attached hydrogen (secondary N) is 1. The van der Waals surface area contributed by atoms with Gasteiger partial charge in [-0.15, -0.1) is 0 Å². The zero-order valence-corrected chi connectivity index (χ0v) is 11.4. The fourth-order valence-corrected chi connectivity index (χ4v) is 1.92. The first-order valence-corrected chi connectivity index (χ1v) is 6.71. The van der Waals surface area contributed by atoms with Crippen molar-refractivity contribution in [3.8, 4) is 11.5 Å². The summed E-state index contributed by atoms with van der Waals surface area (Å²) in [5, 5.41) is 3.33. The van der Waals surface area contributed by atoms with E-state index in [0.29, 0.717) is 6.54 Å². The molecule has 3 rings (SSSR count). The summed E-state index contributed by atoms with van der Waals surface area (Å²) in [6.45, 7) is 0.676. The Morgan fingerprint density at radius 1 is 0.857 bits per heavy atom. The van der Waals surface area contributed by atoms with Gasteiger partial charge in [-0.3, -0.25) is 0 Å². The molecule has 4 heteroatoms. The van der Waals surface area contributed by atoms with Crippen LogP contribution in [0.3, 0.4) is 0 Å². The second kappa shape index (κ2) is 6.52. The number of hydrogen-bond donors (Lipinski definition) is 1. The maximum absolute atomic E-state index is 5.81. The smallest absolute Gasteiger partial charge is 0.129 e. The molecule has 0 amide bonds. The number of ether oxygens (including phenoxy) is 1. The Balaban J connectivity index is 1.66. The zero-order chi connectivity index (χ0) is 14.3. The van der Waals surface area contributed by atoms with Crippen LogP contribution in [0.4, 0.5) is 5.69 Å². The Hall–Kier alpha value is -2.88. The monoisotopic (exact) mass is 277 g/mol. The average molecular weight is 277 g/mol. The molecule has 0 saturated carbocycles. The van der Waals surface area contributed by atoms with Gasteiger partial charge in [0, 0.05) is 36.3 Å². The summed E-state index contributed by atoms with van der Waals surface area (Å²) in [6.07, 6.45) is 5.12. The summed E-state index contributed by atoms with van der Waals surface area (Å²) >= 11 is 0. The third-order valence-corrected chi connectivity index (χ3v) is 2.92. The predicted molar refractivity (Wildman–Crippen MR) is 82.3 cm³/mol. The molecule has 1 aromatic heterocycles. The Bertz CT molecular complexity index is 687. The van der Waals surface area contributed by atoms with Crippen LogP contribution in [0.15, 0.2) is 73.3 Å². The fraction of sp³-hybridized carbons (Fsp3) is 0.0588. The van der Waals surface area contributed by atoms with E-state index in [0.717, 1.165) is 22.7 Å². The number of hydrogen-bond acceptors (Lipinski definition) is 4. The highest BCUT2D eigenvalue weighted by atomic mass is 16.5. The van der Waals surface area contributed by atoms with Crippen molar-refractivity contribution in [1.29, 1.82) is 0 Å². The molecule has 0 aliphatic carbocycles. The van der Waals surface area contributed by atoms with E-state index in [2.05, 4.69) is 15.3 Å². The lowest BCUT2D eigenvalue weighted by molar-refractivity contribution is 0.483. The minimum Gasteiger partial charge on any atom is -0.457 e. The largest absolute Gasteiger partial charge is 0.457 e. The number of benzene rings is 2. The maximum atomic E-state index is 5.81. The molecule has 0 spiro atoms. The van der Waals surface area contributed by atoms with E-state index in [4.69, 9.17) is 4.74 Å². The van der Waals surface area contributed by atoms with Crippen molar-refractivity contribution in [2.75, 3.05) is 5.32 Å². The lowest BCUT2D eigenvalue weighted by Crippen LogP contribution is -2.00. The van der Waals surface area contributed by atoms with Gasteiger partial charge in [-0.25, -0.2) is 9.97 Å². The van der Waals surface area contributed by atoms with E-state index in [-0.39, 0.29) is 0 Å². The summed E-state index contributed by atoms with van der Waals surface area (Å²) in [4.78, 5) is 7.99. The van der Waals surface area contributed by atoms with E-state index in [1.54, 1.807) is 12.4 Å². The second-order valence-corrected chi connectivity index (χ2v) is 4.54. The summed E-state index contributed by atoms with van der Waals surface area (Å²) < 4.78 is 5.81. The summed E-state index contributed by atoms with van der Waals surface area (Å²) in [6, 6.07) is 17.6. The first kappa shape index (κ1) is 13.1. The molecule has 0 bridgehead atoms. The van der Waals surface area contributed by atoms with E-state index in [1.165, 1.54) is 6.33 Å². The molecule has 2 aromatic carbocycles. The van der Waals surface area contributed by atoms with Crippen molar-refractivity contribution in [3.63, 3.8) is 0 Å². The molecule has 4 nitrogen and oxygen atoms in total. The second-order valence-electron chi connectivity index (χ2n) is 4.54. The molecule has 0 radical (unpaired) electrons. The van der Waals surface area contributed by atoms with Gasteiger partial charge in [0.15, 0.2) is 0 Å². The number of rotatable bonds is 5. The van der Waals surface area contributed by atoms with Gasteiger partial charge < -0.3 is 10.1 Å². The Morgan fingerprint density at radius 2 is 1.62 bits per heavy atom. The van der Waals surface area contributed by atoms with Gasteiger partial charge in [0.1, 0.15) is 17.8 Å². The number of nitrogens with zero attached hydrogens (tertiary/aromatic N) is 2. The van der Waals surface area contributed by atoms with Crippen LogP contribution in [0.5, 0.6) is 11.5 Å². The van der Waals surface area contributed by atoms with Gasteiger partial charge >= 0.3 is 0 Å². The molecule has 0 saturated heterocycles. The molecule has 0 atom stereocenters. The van der Waals surface area contributed by atoms with Gasteiger partial charge in [0.05, 0.1) is 0 Å². The molecule has 104 valence electrons. The van der Waals surface area contributed by atoms with Crippen molar-refractivity contribution in [2.45, 2.75) is 6.54 Å². The van der Waals surface area contributed by atoms with Crippen LogP contribution in [0.2, 0.25) is 0 Å². The number of anilines is 1. The molecule has 1 heterocycles. The highest BCUT2D eigenvalue weighted by Gasteiger charge is 1.99. The molecular formula is C17H15N3O. The van der Waals surface area contributed by atoms with Crippen molar-refractivity contribution in [3.05, 3.63) is 78.9 Å². The van der Waals surface area contributed by atoms with Crippen LogP contribution < -0.4 is 10.1 Å². The standard InChI is InChI=1S/C17H15N3O/c1-2-6-16(7-3-1)21-17-8-4-5-15(9-17)20-12-14-10-18-13-19-11-14/h1-11,13,20H,12H2. The van der Waals surface area contributed by atoms with Gasteiger partial charge in [-0.1, -0.05) is 24.3 Å². The summed E-state index contributed by atoms with van der Waals surface area (Å²) in [5.41, 5.74) is 2.03. The number of para-hydroxylation sites is 1. The molecule has 0 unspecified atom stereocenters. The zero-order valence-electron chi connectivity index (χ0n) is 11.4. The van der Waals surface area contributed by atoms with Crippen LogP contribution in [0.25, 0.3) is 0 Å². The van der Waals surface area contributed by atoms with Crippen LogP contribution in [0, 0.1) is 0 Å². The van der Waals surface area contributed by atoms with Crippen LogP contribution in [0.1, 0.15) is 5.56 Å². The molecule has 3 aromatic rings. The quantitative estimate of drug-likeness (QED) is 0.768. The lowest BCUT2D eigenvalue weighted by atomic mass is 10.2.